The Hall–Kier alpha value is -3.52. The van der Waals surface area contributed by atoms with Gasteiger partial charge >= 0.3 is 6.09 Å². The smallest absolute Gasteiger partial charge is 0.407 e. The predicted octanol–water partition coefficient (Wildman–Crippen LogP) is 4.08. The van der Waals surface area contributed by atoms with Gasteiger partial charge in [0.15, 0.2) is 9.84 Å². The average molecular weight is 752 g/mol. The highest BCUT2D eigenvalue weighted by Crippen LogP contribution is 2.51. The average Bonchev–Trinajstić information content (AvgIpc) is 3.57. The molecule has 2 aromatic carbocycles. The highest BCUT2D eigenvalue weighted by Gasteiger charge is 2.54. The van der Waals surface area contributed by atoms with Gasteiger partial charge in [-0.3, -0.25) is 4.79 Å². The molecule has 5 fully saturated rings. The van der Waals surface area contributed by atoms with Crippen LogP contribution in [0.1, 0.15) is 44.1 Å². The summed E-state index contributed by atoms with van der Waals surface area (Å²) in [6.45, 7) is 10.8. The van der Waals surface area contributed by atoms with Crippen LogP contribution in [0.15, 0.2) is 66.1 Å². The van der Waals surface area contributed by atoms with Gasteiger partial charge in [-0.1, -0.05) is 25.1 Å². The van der Waals surface area contributed by atoms with Crippen LogP contribution in [0.3, 0.4) is 0 Å². The maximum absolute atomic E-state index is 15.0. The SMILES string of the molecule is C=CC(=O)N1CC(S(=O)(=O)c2ccc(N3CC(CN4CCC([C@@](CN5CCC5)(c5cccc(F)c5)[C@H]5CCC[C@@H]5NC(=O)OC)CC4)(OC)C3)cc2)C1. The Morgan fingerprint density at radius 2 is 1.70 bits per heavy atom. The van der Waals surface area contributed by atoms with Crippen molar-refractivity contribution in [2.45, 2.75) is 65.7 Å². The molecule has 53 heavy (non-hydrogen) atoms. The normalized spacial score (nSPS) is 25.1. The Labute approximate surface area is 313 Å². The second-order valence-electron chi connectivity index (χ2n) is 15.9. The van der Waals surface area contributed by atoms with E-state index in [2.05, 4.69) is 32.7 Å². The summed E-state index contributed by atoms with van der Waals surface area (Å²) in [5.74, 6) is 0.00461. The molecule has 11 nitrogen and oxygen atoms in total. The van der Waals surface area contributed by atoms with Gasteiger partial charge in [-0.05, 0) is 118 Å². The van der Waals surface area contributed by atoms with Crippen molar-refractivity contribution in [3.8, 4) is 0 Å². The van der Waals surface area contributed by atoms with Crippen molar-refractivity contribution in [3.63, 3.8) is 0 Å². The van der Waals surface area contributed by atoms with Crippen molar-refractivity contribution in [2.75, 3.05) is 84.6 Å². The highest BCUT2D eigenvalue weighted by atomic mass is 32.2. The van der Waals surface area contributed by atoms with Crippen LogP contribution < -0.4 is 10.2 Å². The third-order valence-electron chi connectivity index (χ3n) is 13.0. The first-order valence-corrected chi connectivity index (χ1v) is 20.7. The lowest BCUT2D eigenvalue weighted by Gasteiger charge is -2.55. The Kier molecular flexibility index (Phi) is 10.9. The zero-order valence-corrected chi connectivity index (χ0v) is 31.9. The van der Waals surface area contributed by atoms with Crippen molar-refractivity contribution in [3.05, 3.63) is 72.6 Å². The Bertz CT molecular complexity index is 1750. The number of carbonyl (C=O) groups is 2. The number of piperidine rings is 1. The van der Waals surface area contributed by atoms with E-state index in [4.69, 9.17) is 9.47 Å². The van der Waals surface area contributed by atoms with E-state index < -0.39 is 21.2 Å². The third-order valence-corrected chi connectivity index (χ3v) is 15.1. The van der Waals surface area contributed by atoms with Gasteiger partial charge in [0, 0.05) is 50.4 Å². The molecule has 1 saturated carbocycles. The number of ether oxygens (including phenoxy) is 2. The van der Waals surface area contributed by atoms with Crippen molar-refractivity contribution >= 4 is 27.5 Å². The van der Waals surface area contributed by atoms with Gasteiger partial charge in [0.25, 0.3) is 0 Å². The summed E-state index contributed by atoms with van der Waals surface area (Å²) >= 11 is 0. The highest BCUT2D eigenvalue weighted by molar-refractivity contribution is 7.92. The van der Waals surface area contributed by atoms with Gasteiger partial charge in [0.05, 0.1) is 25.1 Å². The molecular formula is C40H54FN5O6S. The maximum Gasteiger partial charge on any atom is 0.407 e. The van der Waals surface area contributed by atoms with Crippen molar-refractivity contribution in [1.29, 1.82) is 0 Å². The van der Waals surface area contributed by atoms with E-state index in [0.717, 1.165) is 82.6 Å². The number of hydrogen-bond acceptors (Lipinski definition) is 9. The summed E-state index contributed by atoms with van der Waals surface area (Å²) in [6, 6.07) is 14.3. The first kappa shape index (κ1) is 37.8. The minimum Gasteiger partial charge on any atom is -0.453 e. The minimum absolute atomic E-state index is 0.0338. The fourth-order valence-electron chi connectivity index (χ4n) is 9.86. The summed E-state index contributed by atoms with van der Waals surface area (Å²) < 4.78 is 52.6. The number of hydrogen-bond donors (Lipinski definition) is 1. The number of amides is 2. The van der Waals surface area contributed by atoms with Crippen LogP contribution in [0.5, 0.6) is 0 Å². The summed E-state index contributed by atoms with van der Waals surface area (Å²) in [5, 5.41) is 2.57. The number of alkyl carbamates (subject to hydrolysis) is 1. The monoisotopic (exact) mass is 751 g/mol. The van der Waals surface area contributed by atoms with Crippen LogP contribution >= 0.6 is 0 Å². The molecule has 0 unspecified atom stereocenters. The van der Waals surface area contributed by atoms with Gasteiger partial charge < -0.3 is 34.4 Å². The molecule has 2 amide bonds. The van der Waals surface area contributed by atoms with Crippen LogP contribution in [-0.4, -0.2) is 132 Å². The first-order valence-electron chi connectivity index (χ1n) is 19.1. The quantitative estimate of drug-likeness (QED) is 0.303. The fraction of sp³-hybridized carbons (Fsp3) is 0.600. The topological polar surface area (TPSA) is 112 Å². The molecule has 288 valence electrons. The Balaban J connectivity index is 1.02. The summed E-state index contributed by atoms with van der Waals surface area (Å²) in [5.41, 5.74) is 1.34. The van der Waals surface area contributed by atoms with E-state index in [1.807, 2.05) is 18.2 Å². The number of methoxy groups -OCH3 is 2. The lowest BCUT2D eigenvalue weighted by atomic mass is 9.57. The number of carbonyl (C=O) groups excluding carboxylic acids is 2. The van der Waals surface area contributed by atoms with Crippen molar-refractivity contribution in [2.24, 2.45) is 11.8 Å². The molecule has 1 N–H and O–H groups in total. The minimum atomic E-state index is -3.53. The number of rotatable bonds is 13. The fourth-order valence-corrected chi connectivity index (χ4v) is 11.5. The summed E-state index contributed by atoms with van der Waals surface area (Å²) in [4.78, 5) is 33.3. The second kappa shape index (κ2) is 15.3. The number of anilines is 1. The van der Waals surface area contributed by atoms with Crippen molar-refractivity contribution < 1.29 is 31.9 Å². The summed E-state index contributed by atoms with van der Waals surface area (Å²) in [6.07, 6.45) is 6.78. The van der Waals surface area contributed by atoms with E-state index in [-0.39, 0.29) is 52.7 Å². The molecule has 2 aromatic rings. The molecule has 0 spiro atoms. The molecule has 3 atom stereocenters. The van der Waals surface area contributed by atoms with Crippen LogP contribution in [0.2, 0.25) is 0 Å². The van der Waals surface area contributed by atoms with Gasteiger partial charge in [0.1, 0.15) is 16.7 Å². The second-order valence-corrected chi connectivity index (χ2v) is 18.1. The molecule has 5 aliphatic rings. The van der Waals surface area contributed by atoms with Gasteiger partial charge in [-0.25, -0.2) is 17.6 Å². The molecule has 0 bridgehead atoms. The molecule has 0 aromatic heterocycles. The number of likely N-dealkylation sites (tertiary alicyclic amines) is 3. The summed E-state index contributed by atoms with van der Waals surface area (Å²) in [7, 11) is -0.352. The van der Waals surface area contributed by atoms with E-state index in [1.54, 1.807) is 25.3 Å². The third kappa shape index (κ3) is 7.34. The van der Waals surface area contributed by atoms with E-state index in [0.29, 0.717) is 19.0 Å². The standard InChI is InChI=1S/C40H54FN5O6S/c1-4-37(47)45-23-34(24-45)53(49,50)33-14-12-32(13-15-33)46-26-39(27-46,52-3)25-44-20-16-29(17-21-44)40(28-43-18-7-19-43,30-8-5-9-31(41)22-30)35-10-6-11-36(35)42-38(48)51-2/h4-5,8-9,12-15,22,29,34-36H,1,6-7,10-11,16-21,23-28H2,2-3H3,(H,42,48)/t35-,36-,40-/m0/s1. The molecule has 4 heterocycles. The maximum atomic E-state index is 15.0. The number of nitrogens with one attached hydrogen (secondary N) is 1. The lowest BCUT2D eigenvalue weighted by molar-refractivity contribution is -0.129. The van der Waals surface area contributed by atoms with E-state index in [9.17, 15) is 18.0 Å². The molecule has 4 saturated heterocycles. The number of benzene rings is 2. The van der Waals surface area contributed by atoms with Gasteiger partial charge in [-0.15, -0.1) is 0 Å². The van der Waals surface area contributed by atoms with Gasteiger partial charge in [0.2, 0.25) is 5.91 Å². The van der Waals surface area contributed by atoms with Crippen LogP contribution in [0, 0.1) is 17.7 Å². The van der Waals surface area contributed by atoms with Crippen molar-refractivity contribution in [1.82, 2.24) is 20.0 Å². The number of nitrogens with zero attached hydrogens (tertiary/aromatic N) is 4. The van der Waals surface area contributed by atoms with E-state index >= 15 is 4.39 Å². The number of sulfone groups is 1. The van der Waals surface area contributed by atoms with E-state index in [1.165, 1.54) is 30.6 Å². The van der Waals surface area contributed by atoms with Crippen LogP contribution in [0.25, 0.3) is 0 Å². The Morgan fingerprint density at radius 3 is 2.30 bits per heavy atom. The zero-order chi connectivity index (χ0) is 37.4. The number of halogens is 1. The molecule has 13 heteroatoms. The molecule has 0 radical (unpaired) electrons. The Morgan fingerprint density at radius 1 is 0.981 bits per heavy atom. The zero-order valence-electron chi connectivity index (χ0n) is 31.1. The molecule has 1 aliphatic carbocycles. The largest absolute Gasteiger partial charge is 0.453 e. The molecule has 4 aliphatic heterocycles. The lowest BCUT2D eigenvalue weighted by Crippen LogP contribution is -2.68. The van der Waals surface area contributed by atoms with Crippen LogP contribution in [0.4, 0.5) is 14.9 Å². The first-order chi connectivity index (χ1) is 25.5. The molecular weight excluding hydrogens is 698 g/mol. The van der Waals surface area contributed by atoms with Crippen LogP contribution in [-0.2, 0) is 29.5 Å². The molecule has 7 rings (SSSR count). The van der Waals surface area contributed by atoms with Gasteiger partial charge in [-0.2, -0.15) is 0 Å². The predicted molar refractivity (Wildman–Crippen MR) is 201 cm³/mol.